The van der Waals surface area contributed by atoms with Gasteiger partial charge in [0.2, 0.25) is 0 Å². The third-order valence-electron chi connectivity index (χ3n) is 4.55. The van der Waals surface area contributed by atoms with Gasteiger partial charge in [-0.25, -0.2) is 4.68 Å². The van der Waals surface area contributed by atoms with E-state index in [-0.39, 0.29) is 5.91 Å². The zero-order valence-electron chi connectivity index (χ0n) is 15.5. The number of hydrogen-bond donors (Lipinski definition) is 1. The molecule has 2 heterocycles. The Morgan fingerprint density at radius 3 is 2.67 bits per heavy atom. The number of carbonyl (C=O) groups excluding carboxylic acids is 1. The van der Waals surface area contributed by atoms with Crippen LogP contribution in [0.4, 0.5) is 0 Å². The first-order valence-electron chi connectivity index (χ1n) is 8.75. The Morgan fingerprint density at radius 1 is 1.30 bits per heavy atom. The van der Waals surface area contributed by atoms with Gasteiger partial charge < -0.3 is 10.1 Å². The van der Waals surface area contributed by atoms with Gasteiger partial charge in [-0.3, -0.25) is 4.79 Å². The number of hydrogen-bond acceptors (Lipinski definition) is 6. The van der Waals surface area contributed by atoms with Gasteiger partial charge in [-0.05, 0) is 24.6 Å². The Balaban J connectivity index is 1.54. The molecule has 0 fully saturated rings. The summed E-state index contributed by atoms with van der Waals surface area (Å²) in [4.78, 5) is 12.4. The molecular formula is C19H22N6O2. The van der Waals surface area contributed by atoms with E-state index < -0.39 is 5.66 Å². The molecule has 0 saturated carbocycles. The first-order valence-corrected chi connectivity index (χ1v) is 8.75. The standard InChI is InChI=1S/C19H22N6O2/c1-4-5-10-19(22-23-19)11-12-20-18(26)17-14(2)25(24-21-17)13-15-6-8-16(27-3)9-7-15/h1,6-9H,5,10-13H2,2-3H3,(H,20,26). The summed E-state index contributed by atoms with van der Waals surface area (Å²) in [5.74, 6) is 3.14. The lowest BCUT2D eigenvalue weighted by Gasteiger charge is -2.09. The van der Waals surface area contributed by atoms with Crippen molar-refractivity contribution in [3.8, 4) is 18.1 Å². The first kappa shape index (κ1) is 18.6. The molecule has 0 unspecified atom stereocenters. The molecule has 1 amide bonds. The molecule has 1 aliphatic rings. The van der Waals surface area contributed by atoms with E-state index in [1.165, 1.54) is 0 Å². The number of methoxy groups -OCH3 is 1. The normalized spacial score (nSPS) is 13.8. The molecule has 0 bridgehead atoms. The largest absolute Gasteiger partial charge is 0.497 e. The van der Waals surface area contributed by atoms with Crippen LogP contribution < -0.4 is 10.1 Å². The van der Waals surface area contributed by atoms with Crippen LogP contribution >= 0.6 is 0 Å². The molecule has 0 saturated heterocycles. The maximum Gasteiger partial charge on any atom is 0.273 e. The van der Waals surface area contributed by atoms with E-state index in [1.54, 1.807) is 11.8 Å². The number of rotatable bonds is 9. The summed E-state index contributed by atoms with van der Waals surface area (Å²) >= 11 is 0. The highest BCUT2D eigenvalue weighted by atomic mass is 16.5. The van der Waals surface area contributed by atoms with Crippen molar-refractivity contribution < 1.29 is 9.53 Å². The Morgan fingerprint density at radius 2 is 2.04 bits per heavy atom. The van der Waals surface area contributed by atoms with Gasteiger partial charge >= 0.3 is 0 Å². The summed E-state index contributed by atoms with van der Waals surface area (Å²) in [6.45, 7) is 2.82. The molecule has 3 rings (SSSR count). The summed E-state index contributed by atoms with van der Waals surface area (Å²) in [5, 5.41) is 19.1. The average molecular weight is 366 g/mol. The third kappa shape index (κ3) is 4.50. The Hall–Kier alpha value is -3.21. The fourth-order valence-corrected chi connectivity index (χ4v) is 2.75. The SMILES string of the molecule is C#CCCC1(CCNC(=O)c2nnn(Cc3ccc(OC)cc3)c2C)N=N1. The number of terminal acetylenes is 1. The summed E-state index contributed by atoms with van der Waals surface area (Å²) in [6.07, 6.45) is 7.26. The second kappa shape index (κ2) is 7.99. The smallest absolute Gasteiger partial charge is 0.273 e. The summed E-state index contributed by atoms with van der Waals surface area (Å²) < 4.78 is 6.86. The average Bonchev–Trinajstić information content (AvgIpc) is 3.36. The van der Waals surface area contributed by atoms with Crippen LogP contribution in [0.2, 0.25) is 0 Å². The van der Waals surface area contributed by atoms with Gasteiger partial charge in [0.05, 0.1) is 19.3 Å². The van der Waals surface area contributed by atoms with E-state index in [9.17, 15) is 4.79 Å². The lowest BCUT2D eigenvalue weighted by Crippen LogP contribution is -2.29. The summed E-state index contributed by atoms with van der Waals surface area (Å²) in [5.41, 5.74) is 1.68. The van der Waals surface area contributed by atoms with Crippen LogP contribution in [0, 0.1) is 19.3 Å². The Kier molecular flexibility index (Phi) is 5.50. The minimum atomic E-state index is -0.402. The Labute approximate surface area is 158 Å². The molecule has 1 aromatic heterocycles. The molecule has 140 valence electrons. The highest BCUT2D eigenvalue weighted by Crippen LogP contribution is 2.36. The highest BCUT2D eigenvalue weighted by molar-refractivity contribution is 5.93. The fourth-order valence-electron chi connectivity index (χ4n) is 2.75. The number of aromatic nitrogens is 3. The number of ether oxygens (including phenoxy) is 1. The van der Waals surface area contributed by atoms with Crippen molar-refractivity contribution in [2.75, 3.05) is 13.7 Å². The molecule has 0 radical (unpaired) electrons. The minimum Gasteiger partial charge on any atom is -0.497 e. The van der Waals surface area contributed by atoms with Crippen LogP contribution in [-0.4, -0.2) is 40.2 Å². The predicted octanol–water partition coefficient (Wildman–Crippen LogP) is 2.34. The first-order chi connectivity index (χ1) is 13.1. The van der Waals surface area contributed by atoms with E-state index in [1.807, 2.05) is 31.2 Å². The van der Waals surface area contributed by atoms with Crippen molar-refractivity contribution in [2.24, 2.45) is 10.2 Å². The number of amides is 1. The van der Waals surface area contributed by atoms with Crippen molar-refractivity contribution in [3.63, 3.8) is 0 Å². The van der Waals surface area contributed by atoms with Crippen LogP contribution in [0.3, 0.4) is 0 Å². The monoisotopic (exact) mass is 366 g/mol. The summed E-state index contributed by atoms with van der Waals surface area (Å²) in [6, 6.07) is 7.69. The quantitative estimate of drug-likeness (QED) is 0.689. The van der Waals surface area contributed by atoms with Gasteiger partial charge in [-0.1, -0.05) is 17.3 Å². The van der Waals surface area contributed by atoms with E-state index in [2.05, 4.69) is 31.8 Å². The van der Waals surface area contributed by atoms with E-state index in [0.717, 1.165) is 17.7 Å². The molecule has 0 aliphatic carbocycles. The second-order valence-electron chi connectivity index (χ2n) is 6.42. The van der Waals surface area contributed by atoms with Crippen LogP contribution in [-0.2, 0) is 6.54 Å². The molecule has 27 heavy (non-hydrogen) atoms. The number of nitrogens with one attached hydrogen (secondary N) is 1. The van der Waals surface area contributed by atoms with Gasteiger partial charge in [0, 0.05) is 25.8 Å². The molecule has 1 N–H and O–H groups in total. The van der Waals surface area contributed by atoms with Gasteiger partial charge in [0.1, 0.15) is 5.75 Å². The third-order valence-corrected chi connectivity index (χ3v) is 4.55. The van der Waals surface area contributed by atoms with Gasteiger partial charge in [0.15, 0.2) is 11.4 Å². The molecule has 8 heteroatoms. The van der Waals surface area contributed by atoms with Gasteiger partial charge in [0.25, 0.3) is 5.91 Å². The van der Waals surface area contributed by atoms with E-state index >= 15 is 0 Å². The molecule has 8 nitrogen and oxygen atoms in total. The zero-order valence-corrected chi connectivity index (χ0v) is 15.5. The van der Waals surface area contributed by atoms with Crippen molar-refractivity contribution >= 4 is 5.91 Å². The summed E-state index contributed by atoms with van der Waals surface area (Å²) in [7, 11) is 1.63. The number of carbonyl (C=O) groups is 1. The lowest BCUT2D eigenvalue weighted by atomic mass is 10.0. The maximum absolute atomic E-state index is 12.4. The van der Waals surface area contributed by atoms with Gasteiger partial charge in [-0.2, -0.15) is 10.2 Å². The predicted molar refractivity (Wildman–Crippen MR) is 99.5 cm³/mol. The van der Waals surface area contributed by atoms with E-state index in [0.29, 0.717) is 37.3 Å². The zero-order chi connectivity index (χ0) is 19.3. The minimum absolute atomic E-state index is 0.249. The second-order valence-corrected chi connectivity index (χ2v) is 6.42. The number of nitrogens with zero attached hydrogens (tertiary/aromatic N) is 5. The van der Waals surface area contributed by atoms with Crippen LogP contribution in [0.1, 0.15) is 41.0 Å². The maximum atomic E-state index is 12.4. The lowest BCUT2D eigenvalue weighted by molar-refractivity contribution is 0.0946. The van der Waals surface area contributed by atoms with Crippen molar-refractivity contribution in [2.45, 2.75) is 38.4 Å². The van der Waals surface area contributed by atoms with Crippen LogP contribution in [0.25, 0.3) is 0 Å². The van der Waals surface area contributed by atoms with Crippen molar-refractivity contribution in [1.29, 1.82) is 0 Å². The topological polar surface area (TPSA) is 93.8 Å². The molecule has 2 aromatic rings. The van der Waals surface area contributed by atoms with Crippen LogP contribution in [0.5, 0.6) is 5.75 Å². The molecule has 1 aliphatic heterocycles. The molecule has 0 atom stereocenters. The van der Waals surface area contributed by atoms with E-state index in [4.69, 9.17) is 11.2 Å². The number of benzene rings is 1. The van der Waals surface area contributed by atoms with Crippen LogP contribution in [0.15, 0.2) is 34.5 Å². The highest BCUT2D eigenvalue weighted by Gasteiger charge is 2.38. The van der Waals surface area contributed by atoms with Crippen molar-refractivity contribution in [1.82, 2.24) is 20.3 Å². The molecule has 0 spiro atoms. The Bertz CT molecular complexity index is 873. The van der Waals surface area contributed by atoms with Crippen molar-refractivity contribution in [3.05, 3.63) is 41.2 Å². The van der Waals surface area contributed by atoms with Gasteiger partial charge in [-0.15, -0.1) is 17.4 Å². The molecular weight excluding hydrogens is 344 g/mol. The fraction of sp³-hybridized carbons (Fsp3) is 0.421. The molecule has 1 aromatic carbocycles.